The maximum absolute atomic E-state index is 13.3. The standard InChI is InChI=1S/C69H108N4O34/c1-46(74)101-41-48-10-12-56(105-68-63(84)60(81)55(78)43-103-68)50(39-48)53(76)8-5-16-89-19-22-92-25-27-94-30-32-97-34-36-100-45-59(80)73-52(54(77)9-6-17-90-20-23-98-37-38-104-70)7-3-4-14-71-58(79)44-99-35-33-96-31-29-95-28-26-93-24-21-91-18-15-72-66(86)51-40-49(42-102-47(2)75)11-13-57(51)106-69-64(85)61(82)62(83)65(107-69)67(87)88/h10-13,39-40,52,55,60-65,68-69,78,81-85H,3-9,14-38,41-45,70H2,1-2H3,(H,71,79)(H,72,86)(H,73,80)(H,87,88)/t52-,55-,60+,61+,62+,63-,64-,65+,68+,69-/m1/s1. The van der Waals surface area contributed by atoms with Crippen LogP contribution >= 0.6 is 0 Å². The lowest BCUT2D eigenvalue weighted by Gasteiger charge is -2.38. The fourth-order valence-electron chi connectivity index (χ4n) is 9.73. The van der Waals surface area contributed by atoms with Gasteiger partial charge < -0.3 is 142 Å². The van der Waals surface area contributed by atoms with E-state index in [9.17, 15) is 74.1 Å². The number of hydrogen-bond donors (Lipinski definition) is 11. The Bertz CT molecular complexity index is 2860. The molecule has 0 spiro atoms. The average Bonchev–Trinajstić information content (AvgIpc) is 0.810. The Kier molecular flexibility index (Phi) is 49.0. The van der Waals surface area contributed by atoms with Gasteiger partial charge in [0.2, 0.25) is 24.4 Å². The monoisotopic (exact) mass is 1540 g/mol. The Hall–Kier alpha value is -6.68. The van der Waals surface area contributed by atoms with E-state index in [0.29, 0.717) is 89.4 Å². The minimum Gasteiger partial charge on any atom is -0.479 e. The number of unbranched alkanes of at least 4 members (excludes halogenated alkanes) is 1. The lowest BCUT2D eigenvalue weighted by Crippen LogP contribution is -2.61. The minimum atomic E-state index is -1.95. The van der Waals surface area contributed by atoms with Crippen molar-refractivity contribution in [1.29, 1.82) is 0 Å². The molecule has 0 aliphatic carbocycles. The van der Waals surface area contributed by atoms with Gasteiger partial charge >= 0.3 is 17.9 Å². The number of aliphatic hydroxyl groups excluding tert-OH is 6. The van der Waals surface area contributed by atoms with Crippen LogP contribution in [0.2, 0.25) is 0 Å². The summed E-state index contributed by atoms with van der Waals surface area (Å²) in [6, 6.07) is 7.90. The lowest BCUT2D eigenvalue weighted by molar-refractivity contribution is -0.271. The summed E-state index contributed by atoms with van der Waals surface area (Å²) in [5.74, 6) is 0.225. The average molecular weight is 1540 g/mol. The van der Waals surface area contributed by atoms with E-state index >= 15 is 0 Å². The van der Waals surface area contributed by atoms with Crippen molar-refractivity contribution in [3.05, 3.63) is 58.7 Å². The number of ether oxygens (including phenoxy) is 18. The second kappa shape index (κ2) is 56.5. The highest BCUT2D eigenvalue weighted by atomic mass is 16.7. The fourth-order valence-corrected chi connectivity index (χ4v) is 9.73. The molecular formula is C69H108N4O34. The first kappa shape index (κ1) is 92.7. The summed E-state index contributed by atoms with van der Waals surface area (Å²) < 4.78 is 98.1. The van der Waals surface area contributed by atoms with Crippen LogP contribution in [0.3, 0.4) is 0 Å². The van der Waals surface area contributed by atoms with Crippen LogP contribution in [0.5, 0.6) is 11.5 Å². The molecule has 2 aliphatic rings. The molecule has 2 aliphatic heterocycles. The first-order chi connectivity index (χ1) is 51.7. The van der Waals surface area contributed by atoms with Crippen molar-refractivity contribution in [2.24, 2.45) is 5.90 Å². The molecule has 2 aromatic rings. The number of carbonyl (C=O) groups excluding carboxylic acids is 7. The summed E-state index contributed by atoms with van der Waals surface area (Å²) in [4.78, 5) is 104. The molecule has 0 aromatic heterocycles. The highest BCUT2D eigenvalue weighted by molar-refractivity contribution is 5.99. The summed E-state index contributed by atoms with van der Waals surface area (Å²) in [5, 5.41) is 78.5. The molecule has 0 bridgehead atoms. The predicted molar refractivity (Wildman–Crippen MR) is 366 cm³/mol. The normalized spacial score (nSPS) is 19.5. The molecule has 2 aromatic carbocycles. The summed E-state index contributed by atoms with van der Waals surface area (Å²) in [6.45, 7) is 7.39. The second-order valence-corrected chi connectivity index (χ2v) is 23.9. The quantitative estimate of drug-likeness (QED) is 0.0141. The van der Waals surface area contributed by atoms with Gasteiger partial charge in [-0.1, -0.05) is 12.1 Å². The van der Waals surface area contributed by atoms with Gasteiger partial charge in [-0.25, -0.2) is 10.7 Å². The Labute approximate surface area is 619 Å². The molecule has 0 radical (unpaired) electrons. The van der Waals surface area contributed by atoms with Crippen LogP contribution in [0.15, 0.2) is 36.4 Å². The maximum atomic E-state index is 13.3. The number of aliphatic carboxylic acids is 1. The van der Waals surface area contributed by atoms with Gasteiger partial charge in [0.15, 0.2) is 17.7 Å². The SMILES string of the molecule is CC(=O)OCc1ccc(O[C@@H]2OC[C@@H](O)[C@H](O)[C@H]2O)c(C(=O)CCCOCCOCCOCCOCCOCC(=O)N[C@H](CCCCNC(=O)COCCOCCOCCOCCOCCNC(=O)c2cc(COC(C)=O)ccc2O[C@@H]2O[C@H](C(=O)O)[C@@H](O)[C@H](O)[C@H]2O)C(=O)CCCOCCOCCON)c1. The summed E-state index contributed by atoms with van der Waals surface area (Å²) in [6.07, 6.45) is -12.9. The first-order valence-electron chi connectivity index (χ1n) is 35.3. The maximum Gasteiger partial charge on any atom is 0.335 e. The number of hydrogen-bond acceptors (Lipinski definition) is 34. The molecule has 2 heterocycles. The molecule has 4 rings (SSSR count). The molecule has 2 fully saturated rings. The van der Waals surface area contributed by atoms with Crippen molar-refractivity contribution >= 4 is 47.2 Å². The third-order valence-corrected chi connectivity index (χ3v) is 15.3. The van der Waals surface area contributed by atoms with Crippen molar-refractivity contribution in [3.63, 3.8) is 0 Å². The van der Waals surface area contributed by atoms with Crippen LogP contribution < -0.4 is 31.3 Å². The number of amides is 3. The zero-order chi connectivity index (χ0) is 77.8. The first-order valence-corrected chi connectivity index (χ1v) is 35.3. The van der Waals surface area contributed by atoms with Crippen LogP contribution in [-0.4, -0.2) is 329 Å². The van der Waals surface area contributed by atoms with Crippen molar-refractivity contribution in [1.82, 2.24) is 16.0 Å². The van der Waals surface area contributed by atoms with Crippen molar-refractivity contribution in [3.8, 4) is 11.5 Å². The fraction of sp³-hybridized carbons (Fsp3) is 0.710. The Morgan fingerprint density at radius 3 is 1.44 bits per heavy atom. The van der Waals surface area contributed by atoms with E-state index < -0.39 is 91.1 Å². The number of ketones is 2. The predicted octanol–water partition coefficient (Wildman–Crippen LogP) is -2.50. The minimum absolute atomic E-state index is 0.0345. The molecule has 107 heavy (non-hydrogen) atoms. The van der Waals surface area contributed by atoms with Gasteiger partial charge in [0.1, 0.15) is 74.6 Å². The van der Waals surface area contributed by atoms with Crippen molar-refractivity contribution in [2.75, 3.05) is 185 Å². The third-order valence-electron chi connectivity index (χ3n) is 15.3. The van der Waals surface area contributed by atoms with Crippen LogP contribution in [0.25, 0.3) is 0 Å². The Morgan fingerprint density at radius 1 is 0.477 bits per heavy atom. The lowest BCUT2D eigenvalue weighted by atomic mass is 9.99. The third kappa shape index (κ3) is 40.0. The molecule has 608 valence electrons. The molecular weight excluding hydrogens is 1430 g/mol. The van der Waals surface area contributed by atoms with Crippen LogP contribution in [-0.2, 0) is 123 Å². The molecule has 38 nitrogen and oxygen atoms in total. The Morgan fingerprint density at radius 2 is 0.925 bits per heavy atom. The summed E-state index contributed by atoms with van der Waals surface area (Å²) in [7, 11) is 0. The van der Waals surface area contributed by atoms with E-state index in [1.54, 1.807) is 6.07 Å². The van der Waals surface area contributed by atoms with E-state index in [2.05, 4.69) is 20.8 Å². The van der Waals surface area contributed by atoms with E-state index in [4.69, 9.17) is 91.2 Å². The number of carboxylic acid groups (broad SMARTS) is 1. The van der Waals surface area contributed by atoms with Gasteiger partial charge in [-0.05, 0) is 67.5 Å². The second-order valence-electron chi connectivity index (χ2n) is 23.9. The van der Waals surface area contributed by atoms with Gasteiger partial charge in [0.25, 0.3) is 5.91 Å². The van der Waals surface area contributed by atoms with E-state index in [-0.39, 0.29) is 205 Å². The Balaban J connectivity index is 0.982. The largest absolute Gasteiger partial charge is 0.479 e. The smallest absolute Gasteiger partial charge is 0.335 e. The topological polar surface area (TPSA) is 516 Å². The van der Waals surface area contributed by atoms with Gasteiger partial charge in [0, 0.05) is 53.0 Å². The van der Waals surface area contributed by atoms with E-state index in [0.717, 1.165) is 0 Å². The van der Waals surface area contributed by atoms with Crippen LogP contribution in [0.1, 0.15) is 90.6 Å². The highest BCUT2D eigenvalue weighted by Gasteiger charge is 2.48. The molecule has 3 amide bonds. The van der Waals surface area contributed by atoms with Crippen molar-refractivity contribution in [2.45, 2.75) is 133 Å². The summed E-state index contributed by atoms with van der Waals surface area (Å²) in [5.41, 5.74) is 0.964. The number of nitrogens with two attached hydrogens (primary N) is 1. The number of aliphatic hydroxyl groups is 6. The number of Topliss-reactive ketones (excluding diaryl/α,β-unsaturated/α-hetero) is 2. The van der Waals surface area contributed by atoms with Crippen molar-refractivity contribution < 1.29 is 164 Å². The number of rotatable bonds is 63. The molecule has 10 atom stereocenters. The van der Waals surface area contributed by atoms with E-state index in [1.807, 2.05) is 0 Å². The zero-order valence-corrected chi connectivity index (χ0v) is 60.6. The van der Waals surface area contributed by atoms with Crippen LogP contribution in [0.4, 0.5) is 0 Å². The highest BCUT2D eigenvalue weighted by Crippen LogP contribution is 2.30. The number of carboxylic acids is 1. The molecule has 0 unspecified atom stereocenters. The summed E-state index contributed by atoms with van der Waals surface area (Å²) >= 11 is 0. The number of benzene rings is 2. The van der Waals surface area contributed by atoms with E-state index in [1.165, 1.54) is 44.2 Å². The van der Waals surface area contributed by atoms with Gasteiger partial charge in [-0.2, -0.15) is 0 Å². The zero-order valence-electron chi connectivity index (χ0n) is 60.6. The molecule has 0 saturated carbocycles. The van der Waals surface area contributed by atoms with Gasteiger partial charge in [0.05, 0.1) is 163 Å². The molecule has 38 heteroatoms. The van der Waals surface area contributed by atoms with Gasteiger partial charge in [-0.15, -0.1) is 0 Å². The van der Waals surface area contributed by atoms with Gasteiger partial charge in [-0.3, -0.25) is 33.6 Å². The molecule has 12 N–H and O–H groups in total. The number of nitrogens with one attached hydrogen (secondary N) is 3. The molecule has 2 saturated heterocycles. The number of carbonyl (C=O) groups is 8. The number of esters is 2. The van der Waals surface area contributed by atoms with Crippen LogP contribution in [0, 0.1) is 0 Å².